The lowest BCUT2D eigenvalue weighted by Gasteiger charge is -2.18. The second kappa shape index (κ2) is 4.87. The summed E-state index contributed by atoms with van der Waals surface area (Å²) in [5, 5.41) is 3.47. The molecule has 0 unspecified atom stereocenters. The summed E-state index contributed by atoms with van der Waals surface area (Å²) in [5.41, 5.74) is 4.42. The van der Waals surface area contributed by atoms with Crippen LogP contribution in [0, 0.1) is 0 Å². The summed E-state index contributed by atoms with van der Waals surface area (Å²) in [4.78, 5) is 36.4. The van der Waals surface area contributed by atoms with E-state index in [-0.39, 0.29) is 13.0 Å². The van der Waals surface area contributed by atoms with Crippen molar-refractivity contribution in [3.63, 3.8) is 0 Å². The zero-order valence-electron chi connectivity index (χ0n) is 12.0. The highest BCUT2D eigenvalue weighted by Crippen LogP contribution is 2.32. The van der Waals surface area contributed by atoms with Crippen LogP contribution in [0.2, 0.25) is 0 Å². The lowest BCUT2D eigenvalue weighted by Crippen LogP contribution is -2.40. The molecule has 1 aromatic heterocycles. The van der Waals surface area contributed by atoms with E-state index in [0.717, 1.165) is 10.3 Å². The standard InChI is InChI=1S/C15H15N3O4/c1-15(11-8-9-4-2-3-5-10(9)22-11)13(20)18(14(21)17-15)7-6-12(16)19/h2-5,8H,6-7H2,1H3,(H2,16,19)(H,17,21)/t15-/m1/s1. The Morgan fingerprint density at radius 3 is 2.77 bits per heavy atom. The van der Waals surface area contributed by atoms with Gasteiger partial charge in [-0.05, 0) is 19.1 Å². The zero-order valence-corrected chi connectivity index (χ0v) is 12.0. The van der Waals surface area contributed by atoms with Crippen LogP contribution in [0.25, 0.3) is 11.0 Å². The Labute approximate surface area is 126 Å². The van der Waals surface area contributed by atoms with Crippen molar-refractivity contribution in [3.8, 4) is 0 Å². The number of hydrogen-bond donors (Lipinski definition) is 2. The highest BCUT2D eigenvalue weighted by atomic mass is 16.3. The Morgan fingerprint density at radius 2 is 2.09 bits per heavy atom. The molecule has 1 atom stereocenters. The molecule has 7 nitrogen and oxygen atoms in total. The lowest BCUT2D eigenvalue weighted by atomic mass is 9.99. The molecule has 3 N–H and O–H groups in total. The van der Waals surface area contributed by atoms with E-state index in [1.807, 2.05) is 18.2 Å². The Balaban J connectivity index is 1.94. The molecule has 0 spiro atoms. The van der Waals surface area contributed by atoms with E-state index in [4.69, 9.17) is 10.2 Å². The molecule has 0 saturated carbocycles. The van der Waals surface area contributed by atoms with Crippen molar-refractivity contribution in [1.29, 1.82) is 0 Å². The molecule has 22 heavy (non-hydrogen) atoms. The van der Waals surface area contributed by atoms with Crippen molar-refractivity contribution in [2.45, 2.75) is 18.9 Å². The molecular formula is C15H15N3O4. The molecule has 7 heteroatoms. The first-order chi connectivity index (χ1) is 10.4. The number of nitrogens with one attached hydrogen (secondary N) is 1. The number of fused-ring (bicyclic) bond motifs is 1. The number of rotatable bonds is 4. The Bertz CT molecular complexity index is 749. The molecule has 1 saturated heterocycles. The molecule has 0 aliphatic carbocycles. The van der Waals surface area contributed by atoms with Crippen molar-refractivity contribution in [2.24, 2.45) is 5.73 Å². The molecule has 0 bridgehead atoms. The second-order valence-electron chi connectivity index (χ2n) is 5.38. The maximum absolute atomic E-state index is 12.6. The monoisotopic (exact) mass is 301 g/mol. The van der Waals surface area contributed by atoms with Crippen molar-refractivity contribution in [2.75, 3.05) is 6.54 Å². The van der Waals surface area contributed by atoms with Gasteiger partial charge in [0, 0.05) is 18.4 Å². The predicted molar refractivity (Wildman–Crippen MR) is 77.6 cm³/mol. The number of nitrogens with two attached hydrogens (primary N) is 1. The molecule has 2 heterocycles. The summed E-state index contributed by atoms with van der Waals surface area (Å²) in [5.74, 6) is -0.677. The van der Waals surface area contributed by atoms with Crippen molar-refractivity contribution in [1.82, 2.24) is 10.2 Å². The van der Waals surface area contributed by atoms with E-state index in [2.05, 4.69) is 5.32 Å². The first-order valence-electron chi connectivity index (χ1n) is 6.83. The van der Waals surface area contributed by atoms with Gasteiger partial charge in [-0.1, -0.05) is 18.2 Å². The number of imide groups is 1. The lowest BCUT2D eigenvalue weighted by molar-refractivity contribution is -0.131. The second-order valence-corrected chi connectivity index (χ2v) is 5.38. The number of para-hydroxylation sites is 1. The number of furan rings is 1. The van der Waals surface area contributed by atoms with Gasteiger partial charge in [0.1, 0.15) is 11.3 Å². The third kappa shape index (κ3) is 2.11. The van der Waals surface area contributed by atoms with E-state index in [1.54, 1.807) is 19.1 Å². The Morgan fingerprint density at radius 1 is 1.36 bits per heavy atom. The first-order valence-corrected chi connectivity index (χ1v) is 6.83. The van der Waals surface area contributed by atoms with Crippen LogP contribution in [0.1, 0.15) is 19.1 Å². The molecule has 3 rings (SSSR count). The highest BCUT2D eigenvalue weighted by molar-refractivity contribution is 6.07. The first kappa shape index (κ1) is 14.1. The Kier molecular flexibility index (Phi) is 3.13. The Hall–Kier alpha value is -2.83. The van der Waals surface area contributed by atoms with E-state index in [1.165, 1.54) is 0 Å². The van der Waals surface area contributed by atoms with Gasteiger partial charge < -0.3 is 15.5 Å². The number of hydrogen-bond acceptors (Lipinski definition) is 4. The zero-order chi connectivity index (χ0) is 15.9. The number of benzene rings is 1. The van der Waals surface area contributed by atoms with Gasteiger partial charge in [-0.15, -0.1) is 0 Å². The van der Waals surface area contributed by atoms with Gasteiger partial charge in [0.05, 0.1) is 0 Å². The molecule has 0 radical (unpaired) electrons. The summed E-state index contributed by atoms with van der Waals surface area (Å²) in [6, 6.07) is 8.50. The minimum atomic E-state index is -1.28. The van der Waals surface area contributed by atoms with Crippen LogP contribution in [0.3, 0.4) is 0 Å². The van der Waals surface area contributed by atoms with Crippen molar-refractivity contribution < 1.29 is 18.8 Å². The highest BCUT2D eigenvalue weighted by Gasteiger charge is 2.51. The summed E-state index contributed by atoms with van der Waals surface area (Å²) < 4.78 is 5.69. The van der Waals surface area contributed by atoms with Gasteiger partial charge in [-0.25, -0.2) is 4.79 Å². The van der Waals surface area contributed by atoms with Crippen LogP contribution in [-0.4, -0.2) is 29.3 Å². The molecule has 1 aromatic carbocycles. The fourth-order valence-electron chi connectivity index (χ4n) is 2.52. The van der Waals surface area contributed by atoms with Crippen LogP contribution in [-0.2, 0) is 15.1 Å². The third-order valence-corrected chi connectivity index (χ3v) is 3.78. The topological polar surface area (TPSA) is 106 Å². The SMILES string of the molecule is C[C@]1(c2cc3ccccc3o2)NC(=O)N(CCC(N)=O)C1=O. The fraction of sp³-hybridized carbons (Fsp3) is 0.267. The molecule has 1 aliphatic rings. The van der Waals surface area contributed by atoms with E-state index in [9.17, 15) is 14.4 Å². The van der Waals surface area contributed by atoms with Gasteiger partial charge >= 0.3 is 6.03 Å². The summed E-state index contributed by atoms with van der Waals surface area (Å²) in [6.45, 7) is 1.53. The fourth-order valence-corrected chi connectivity index (χ4v) is 2.52. The van der Waals surface area contributed by atoms with Crippen molar-refractivity contribution >= 4 is 28.8 Å². The number of nitrogens with zero attached hydrogens (tertiary/aromatic N) is 1. The van der Waals surface area contributed by atoms with E-state index >= 15 is 0 Å². The molecule has 1 aliphatic heterocycles. The van der Waals surface area contributed by atoms with Crippen LogP contribution < -0.4 is 11.1 Å². The van der Waals surface area contributed by atoms with E-state index in [0.29, 0.717) is 11.3 Å². The average Bonchev–Trinajstić information content (AvgIpc) is 2.99. The molecule has 2 aromatic rings. The van der Waals surface area contributed by atoms with Crippen LogP contribution >= 0.6 is 0 Å². The molecular weight excluding hydrogens is 286 g/mol. The van der Waals surface area contributed by atoms with Gasteiger partial charge in [0.15, 0.2) is 5.54 Å². The van der Waals surface area contributed by atoms with Crippen LogP contribution in [0.15, 0.2) is 34.7 Å². The van der Waals surface area contributed by atoms with Crippen LogP contribution in [0.5, 0.6) is 0 Å². The quantitative estimate of drug-likeness (QED) is 0.824. The molecule has 1 fully saturated rings. The number of primary amides is 1. The maximum atomic E-state index is 12.6. The summed E-state index contributed by atoms with van der Waals surface area (Å²) in [6.07, 6.45) is -0.0740. The number of amides is 4. The normalized spacial score (nSPS) is 21.4. The van der Waals surface area contributed by atoms with Crippen LogP contribution in [0.4, 0.5) is 4.79 Å². The minimum absolute atomic E-state index is 0.0458. The maximum Gasteiger partial charge on any atom is 0.325 e. The van der Waals surface area contributed by atoms with Gasteiger partial charge in [0.25, 0.3) is 5.91 Å². The minimum Gasteiger partial charge on any atom is -0.458 e. The molecule has 114 valence electrons. The largest absolute Gasteiger partial charge is 0.458 e. The number of carbonyl (C=O) groups excluding carboxylic acids is 3. The number of urea groups is 1. The van der Waals surface area contributed by atoms with Gasteiger partial charge in [-0.2, -0.15) is 0 Å². The third-order valence-electron chi connectivity index (χ3n) is 3.78. The smallest absolute Gasteiger partial charge is 0.325 e. The summed E-state index contributed by atoms with van der Waals surface area (Å²) in [7, 11) is 0. The predicted octanol–water partition coefficient (Wildman–Crippen LogP) is 1.08. The van der Waals surface area contributed by atoms with E-state index < -0.39 is 23.4 Å². The van der Waals surface area contributed by atoms with Crippen molar-refractivity contribution in [3.05, 3.63) is 36.1 Å². The van der Waals surface area contributed by atoms with Gasteiger partial charge in [-0.3, -0.25) is 14.5 Å². The van der Waals surface area contributed by atoms with Gasteiger partial charge in [0.2, 0.25) is 5.91 Å². The average molecular weight is 301 g/mol. The number of carbonyl (C=O) groups is 3. The summed E-state index contributed by atoms with van der Waals surface area (Å²) >= 11 is 0. The molecule has 4 amide bonds.